The molecule has 0 saturated carbocycles. The minimum Gasteiger partial charge on any atom is -0.348 e. The van der Waals surface area contributed by atoms with Gasteiger partial charge in [-0.2, -0.15) is 0 Å². The van der Waals surface area contributed by atoms with E-state index in [-0.39, 0.29) is 17.9 Å². The first kappa shape index (κ1) is 17.7. The molecule has 0 aromatic heterocycles. The average molecular weight is 355 g/mol. The standard InChI is InChI=1S/C16H23BrN2O2/c1-10(12-7-6-8-13(17)9-12)18-14(20)11(2)19-15(21)16(3,4)5/h6-11H,1-5H3,(H,18,20)(H,19,21). The van der Waals surface area contributed by atoms with Crippen molar-refractivity contribution >= 4 is 27.7 Å². The number of hydrogen-bond acceptors (Lipinski definition) is 2. The van der Waals surface area contributed by atoms with Crippen LogP contribution < -0.4 is 10.6 Å². The van der Waals surface area contributed by atoms with E-state index < -0.39 is 11.5 Å². The van der Waals surface area contributed by atoms with E-state index in [2.05, 4.69) is 26.6 Å². The van der Waals surface area contributed by atoms with Gasteiger partial charge in [0.05, 0.1) is 6.04 Å². The second kappa shape index (κ2) is 7.07. The molecule has 1 rings (SSSR count). The van der Waals surface area contributed by atoms with Gasteiger partial charge in [-0.15, -0.1) is 0 Å². The molecule has 0 aliphatic rings. The summed E-state index contributed by atoms with van der Waals surface area (Å²) in [6, 6.07) is 7.09. The van der Waals surface area contributed by atoms with Gasteiger partial charge >= 0.3 is 0 Å². The quantitative estimate of drug-likeness (QED) is 0.872. The molecule has 2 atom stereocenters. The highest BCUT2D eigenvalue weighted by Gasteiger charge is 2.25. The number of carbonyl (C=O) groups is 2. The molecule has 0 radical (unpaired) electrons. The summed E-state index contributed by atoms with van der Waals surface area (Å²) in [4.78, 5) is 24.0. The summed E-state index contributed by atoms with van der Waals surface area (Å²) < 4.78 is 0.968. The Bertz CT molecular complexity index is 523. The molecule has 0 spiro atoms. The van der Waals surface area contributed by atoms with Gasteiger partial charge in [0, 0.05) is 9.89 Å². The zero-order chi connectivity index (χ0) is 16.2. The SMILES string of the molecule is CC(NC(=O)C(C)(C)C)C(=O)NC(C)c1cccc(Br)c1. The molecule has 5 heteroatoms. The summed E-state index contributed by atoms with van der Waals surface area (Å²) in [6.45, 7) is 9.05. The number of halogens is 1. The Morgan fingerprint density at radius 2 is 1.76 bits per heavy atom. The lowest BCUT2D eigenvalue weighted by atomic mass is 9.95. The molecule has 0 heterocycles. The zero-order valence-corrected chi connectivity index (χ0v) is 14.7. The summed E-state index contributed by atoms with van der Waals surface area (Å²) in [5, 5.41) is 5.63. The highest BCUT2D eigenvalue weighted by Crippen LogP contribution is 2.18. The van der Waals surface area contributed by atoms with E-state index in [9.17, 15) is 9.59 Å². The topological polar surface area (TPSA) is 58.2 Å². The molecule has 1 aromatic rings. The molecule has 0 aliphatic heterocycles. The fourth-order valence-electron chi connectivity index (χ4n) is 1.68. The highest BCUT2D eigenvalue weighted by atomic mass is 79.9. The number of benzene rings is 1. The van der Waals surface area contributed by atoms with Gasteiger partial charge in [-0.25, -0.2) is 0 Å². The fourth-order valence-corrected chi connectivity index (χ4v) is 2.09. The van der Waals surface area contributed by atoms with Crippen LogP contribution in [0.5, 0.6) is 0 Å². The molecule has 4 nitrogen and oxygen atoms in total. The van der Waals surface area contributed by atoms with Crippen LogP contribution in [0.2, 0.25) is 0 Å². The number of amides is 2. The molecule has 0 aliphatic carbocycles. The summed E-state index contributed by atoms with van der Waals surface area (Å²) in [6.07, 6.45) is 0. The summed E-state index contributed by atoms with van der Waals surface area (Å²) in [5.41, 5.74) is 0.497. The number of nitrogens with one attached hydrogen (secondary N) is 2. The average Bonchev–Trinajstić information content (AvgIpc) is 2.37. The van der Waals surface area contributed by atoms with Crippen molar-refractivity contribution in [3.8, 4) is 0 Å². The molecular weight excluding hydrogens is 332 g/mol. The molecular formula is C16H23BrN2O2. The van der Waals surface area contributed by atoms with Crippen LogP contribution in [0.15, 0.2) is 28.7 Å². The number of hydrogen-bond donors (Lipinski definition) is 2. The fraction of sp³-hybridized carbons (Fsp3) is 0.500. The van der Waals surface area contributed by atoms with Gasteiger partial charge in [-0.1, -0.05) is 48.8 Å². The summed E-state index contributed by atoms with van der Waals surface area (Å²) in [5.74, 6) is -0.333. The minimum absolute atomic E-state index is 0.121. The van der Waals surface area contributed by atoms with E-state index in [4.69, 9.17) is 0 Å². The molecule has 2 unspecified atom stereocenters. The van der Waals surface area contributed by atoms with Crippen molar-refractivity contribution in [1.82, 2.24) is 10.6 Å². The Morgan fingerprint density at radius 1 is 1.14 bits per heavy atom. The predicted molar refractivity (Wildman–Crippen MR) is 87.8 cm³/mol. The molecule has 2 N–H and O–H groups in total. The van der Waals surface area contributed by atoms with Crippen LogP contribution in [-0.2, 0) is 9.59 Å². The largest absolute Gasteiger partial charge is 0.348 e. The summed E-state index contributed by atoms with van der Waals surface area (Å²) in [7, 11) is 0. The van der Waals surface area contributed by atoms with E-state index in [0.717, 1.165) is 10.0 Å². The van der Waals surface area contributed by atoms with Gasteiger partial charge < -0.3 is 10.6 Å². The maximum atomic E-state index is 12.1. The van der Waals surface area contributed by atoms with Gasteiger partial charge in [0.25, 0.3) is 0 Å². The van der Waals surface area contributed by atoms with Crippen molar-refractivity contribution in [3.63, 3.8) is 0 Å². The van der Waals surface area contributed by atoms with E-state index >= 15 is 0 Å². The highest BCUT2D eigenvalue weighted by molar-refractivity contribution is 9.10. The minimum atomic E-state index is -0.564. The number of rotatable bonds is 4. The van der Waals surface area contributed by atoms with Crippen LogP contribution in [0.4, 0.5) is 0 Å². The Balaban J connectivity index is 2.62. The van der Waals surface area contributed by atoms with Gasteiger partial charge in [0.1, 0.15) is 6.04 Å². The lowest BCUT2D eigenvalue weighted by molar-refractivity contribution is -0.133. The zero-order valence-electron chi connectivity index (χ0n) is 13.2. The van der Waals surface area contributed by atoms with Gasteiger partial charge in [-0.05, 0) is 31.5 Å². The lowest BCUT2D eigenvalue weighted by Crippen LogP contribution is -2.48. The van der Waals surface area contributed by atoms with Crippen LogP contribution in [0.1, 0.15) is 46.2 Å². The first-order chi connectivity index (χ1) is 9.61. The lowest BCUT2D eigenvalue weighted by Gasteiger charge is -2.23. The van der Waals surface area contributed by atoms with Gasteiger partial charge in [0.15, 0.2) is 0 Å². The van der Waals surface area contributed by atoms with E-state index in [0.29, 0.717) is 0 Å². The van der Waals surface area contributed by atoms with Gasteiger partial charge in [0.2, 0.25) is 11.8 Å². The van der Waals surface area contributed by atoms with Crippen LogP contribution >= 0.6 is 15.9 Å². The van der Waals surface area contributed by atoms with Crippen molar-refractivity contribution in [2.75, 3.05) is 0 Å². The smallest absolute Gasteiger partial charge is 0.242 e. The van der Waals surface area contributed by atoms with Crippen molar-refractivity contribution in [2.24, 2.45) is 5.41 Å². The Labute approximate surface area is 134 Å². The monoisotopic (exact) mass is 354 g/mol. The third-order valence-electron chi connectivity index (χ3n) is 3.13. The maximum absolute atomic E-state index is 12.1. The van der Waals surface area contributed by atoms with Crippen LogP contribution in [0, 0.1) is 5.41 Å². The second-order valence-corrected chi connectivity index (χ2v) is 7.15. The maximum Gasteiger partial charge on any atom is 0.242 e. The summed E-state index contributed by atoms with van der Waals surface area (Å²) >= 11 is 3.41. The Morgan fingerprint density at radius 3 is 2.29 bits per heavy atom. The van der Waals surface area contributed by atoms with Crippen molar-refractivity contribution in [2.45, 2.75) is 46.7 Å². The third-order valence-corrected chi connectivity index (χ3v) is 3.62. The van der Waals surface area contributed by atoms with Gasteiger partial charge in [-0.3, -0.25) is 9.59 Å². The van der Waals surface area contributed by atoms with Crippen LogP contribution in [0.25, 0.3) is 0 Å². The van der Waals surface area contributed by atoms with Crippen molar-refractivity contribution < 1.29 is 9.59 Å². The van der Waals surface area contributed by atoms with Crippen LogP contribution in [0.3, 0.4) is 0 Å². The first-order valence-electron chi connectivity index (χ1n) is 6.98. The molecule has 0 saturated heterocycles. The predicted octanol–water partition coefficient (Wildman–Crippen LogP) is 3.18. The van der Waals surface area contributed by atoms with E-state index in [1.54, 1.807) is 6.92 Å². The normalized spacial score (nSPS) is 14.2. The Hall–Kier alpha value is -1.36. The number of carbonyl (C=O) groups excluding carboxylic acids is 2. The first-order valence-corrected chi connectivity index (χ1v) is 7.77. The van der Waals surface area contributed by atoms with E-state index in [1.165, 1.54) is 0 Å². The third kappa shape index (κ3) is 5.50. The second-order valence-electron chi connectivity index (χ2n) is 6.23. The molecule has 21 heavy (non-hydrogen) atoms. The molecule has 0 fully saturated rings. The van der Waals surface area contributed by atoms with Crippen molar-refractivity contribution in [1.29, 1.82) is 0 Å². The molecule has 0 bridgehead atoms. The van der Waals surface area contributed by atoms with Crippen molar-refractivity contribution in [3.05, 3.63) is 34.3 Å². The molecule has 2 amide bonds. The Kier molecular flexibility index (Phi) is 5.96. The van der Waals surface area contributed by atoms with Crippen LogP contribution in [-0.4, -0.2) is 17.9 Å². The molecule has 116 valence electrons. The molecule has 1 aromatic carbocycles. The van der Waals surface area contributed by atoms with E-state index in [1.807, 2.05) is 52.0 Å².